The molecule has 2 unspecified atom stereocenters. The van der Waals surface area contributed by atoms with E-state index in [2.05, 4.69) is 59.7 Å². The van der Waals surface area contributed by atoms with Crippen LogP contribution < -0.4 is 5.73 Å². The maximum absolute atomic E-state index is 11.2. The molecular formula is C32H59ClN2O2. The fourth-order valence-corrected chi connectivity index (χ4v) is 9.05. The fourth-order valence-electron chi connectivity index (χ4n) is 9.05. The van der Waals surface area contributed by atoms with Gasteiger partial charge in [0.05, 0.1) is 6.10 Å². The minimum atomic E-state index is -0.158. The minimum Gasteiger partial charge on any atom is -0.393 e. The van der Waals surface area contributed by atoms with Gasteiger partial charge < -0.3 is 15.7 Å². The number of rotatable bonds is 8. The fraction of sp³-hybridized carbons (Fsp3) is 0.906. The highest BCUT2D eigenvalue weighted by atomic mass is 35.5. The highest BCUT2D eigenvalue weighted by Gasteiger charge is 2.59. The number of hydrogen-bond donors (Lipinski definition) is 2. The van der Waals surface area contributed by atoms with Gasteiger partial charge in [0.25, 0.3) is 0 Å². The highest BCUT2D eigenvalue weighted by Crippen LogP contribution is 2.67. The van der Waals surface area contributed by atoms with Gasteiger partial charge in [0.1, 0.15) is 0 Å². The zero-order valence-electron chi connectivity index (χ0n) is 25.1. The van der Waals surface area contributed by atoms with Gasteiger partial charge in [0.2, 0.25) is 5.91 Å². The van der Waals surface area contributed by atoms with Crippen LogP contribution in [0.3, 0.4) is 0 Å². The molecule has 3 saturated carbocycles. The second kappa shape index (κ2) is 13.7. The van der Waals surface area contributed by atoms with Crippen molar-refractivity contribution in [3.63, 3.8) is 0 Å². The maximum atomic E-state index is 11.2. The van der Waals surface area contributed by atoms with Crippen molar-refractivity contribution in [3.8, 4) is 0 Å². The Bertz CT molecular complexity index is 770. The van der Waals surface area contributed by atoms with Gasteiger partial charge in [-0.2, -0.15) is 0 Å². The molecule has 216 valence electrons. The number of carbonyl (C=O) groups is 1. The monoisotopic (exact) mass is 538 g/mol. The van der Waals surface area contributed by atoms with Gasteiger partial charge in [0.15, 0.2) is 0 Å². The number of carbonyl (C=O) groups excluding carboxylic acids is 1. The Kier molecular flexibility index (Phi) is 12.0. The lowest BCUT2D eigenvalue weighted by atomic mass is 9.47. The van der Waals surface area contributed by atoms with Crippen LogP contribution in [0.1, 0.15) is 112 Å². The SMILES string of the molecule is CC(CCCC(C)[C@H]1CC[C@H]2[C@@H]3CC=C4C[C@@H](O)CC[C@]4(C)[C@H]3CC[C@]12C)CC(N)=O.CCN(C)C.Cl. The lowest BCUT2D eigenvalue weighted by Gasteiger charge is -2.58. The Hall–Kier alpha value is -0.580. The molecule has 0 saturated heterocycles. The van der Waals surface area contributed by atoms with E-state index in [-0.39, 0.29) is 24.4 Å². The predicted octanol–water partition coefficient (Wildman–Crippen LogP) is 7.23. The van der Waals surface area contributed by atoms with Crippen molar-refractivity contribution in [1.29, 1.82) is 0 Å². The average Bonchev–Trinajstić information content (AvgIpc) is 3.16. The first kappa shape index (κ1) is 32.6. The van der Waals surface area contributed by atoms with Gasteiger partial charge in [-0.1, -0.05) is 65.5 Å². The molecule has 3 fully saturated rings. The first-order chi connectivity index (χ1) is 16.9. The van der Waals surface area contributed by atoms with Crippen molar-refractivity contribution in [2.45, 2.75) is 118 Å². The van der Waals surface area contributed by atoms with Crippen LogP contribution in [0, 0.1) is 46.3 Å². The third kappa shape index (κ3) is 7.34. The van der Waals surface area contributed by atoms with E-state index in [1.54, 1.807) is 5.57 Å². The molecule has 4 aliphatic carbocycles. The topological polar surface area (TPSA) is 66.6 Å². The molecule has 5 heteroatoms. The van der Waals surface area contributed by atoms with Gasteiger partial charge in [-0.3, -0.25) is 4.79 Å². The quantitative estimate of drug-likeness (QED) is 0.320. The molecule has 0 aromatic heterocycles. The molecule has 0 aliphatic heterocycles. The molecule has 1 amide bonds. The van der Waals surface area contributed by atoms with E-state index >= 15 is 0 Å². The standard InChI is InChI=1S/C28H47NO2.C4H11N.ClH/c1-18(16-26(29)31)6-5-7-19(2)23-10-11-24-22-9-8-20-17-21(30)12-14-27(20,3)25(22)13-15-28(23,24)4;1-4-5(2)3;/h8,18-19,21-25,30H,5-7,9-17H2,1-4H3,(H2,29,31);4H2,1-3H3;1H/t18?,19?,21-,22-,23+,24-,25-,27-,28+;;/m0../s1. The van der Waals surface area contributed by atoms with Crippen LogP contribution in [0.2, 0.25) is 0 Å². The van der Waals surface area contributed by atoms with Crippen LogP contribution in [0.4, 0.5) is 0 Å². The summed E-state index contributed by atoms with van der Waals surface area (Å²) in [5, 5.41) is 10.2. The average molecular weight is 539 g/mol. The number of aliphatic hydroxyl groups excluding tert-OH is 1. The molecule has 0 radical (unpaired) electrons. The summed E-state index contributed by atoms with van der Waals surface area (Å²) in [6.07, 6.45) is 16.6. The van der Waals surface area contributed by atoms with Crippen molar-refractivity contribution < 1.29 is 9.90 Å². The number of primary amides is 1. The molecule has 4 aliphatic rings. The molecule has 9 atom stereocenters. The summed E-state index contributed by atoms with van der Waals surface area (Å²) in [7, 11) is 4.11. The van der Waals surface area contributed by atoms with Crippen LogP contribution in [0.25, 0.3) is 0 Å². The van der Waals surface area contributed by atoms with Crippen LogP contribution >= 0.6 is 12.4 Å². The largest absolute Gasteiger partial charge is 0.393 e. The van der Waals surface area contributed by atoms with Crippen molar-refractivity contribution >= 4 is 18.3 Å². The molecular weight excluding hydrogens is 480 g/mol. The third-order valence-corrected chi connectivity index (χ3v) is 11.4. The normalized spacial score (nSPS) is 38.1. The van der Waals surface area contributed by atoms with Crippen molar-refractivity contribution in [2.75, 3.05) is 20.6 Å². The summed E-state index contributed by atoms with van der Waals surface area (Å²) < 4.78 is 0. The molecule has 0 heterocycles. The second-order valence-electron chi connectivity index (χ2n) is 14.0. The van der Waals surface area contributed by atoms with Crippen LogP contribution in [-0.4, -0.2) is 42.7 Å². The lowest BCUT2D eigenvalue weighted by molar-refractivity contribution is -0.118. The van der Waals surface area contributed by atoms with Crippen molar-refractivity contribution in [2.24, 2.45) is 52.1 Å². The first-order valence-corrected chi connectivity index (χ1v) is 15.2. The van der Waals surface area contributed by atoms with E-state index < -0.39 is 0 Å². The van der Waals surface area contributed by atoms with Crippen LogP contribution in [0.5, 0.6) is 0 Å². The van der Waals surface area contributed by atoms with Gasteiger partial charge in [-0.25, -0.2) is 0 Å². The van der Waals surface area contributed by atoms with Crippen LogP contribution in [0.15, 0.2) is 11.6 Å². The third-order valence-electron chi connectivity index (χ3n) is 11.4. The smallest absolute Gasteiger partial charge is 0.217 e. The van der Waals surface area contributed by atoms with Gasteiger partial charge in [-0.05, 0) is 118 Å². The van der Waals surface area contributed by atoms with Gasteiger partial charge in [-0.15, -0.1) is 12.4 Å². The minimum absolute atomic E-state index is 0. The number of nitrogens with zero attached hydrogens (tertiary/aromatic N) is 1. The second-order valence-corrected chi connectivity index (χ2v) is 14.0. The molecule has 3 N–H and O–H groups in total. The summed E-state index contributed by atoms with van der Waals surface area (Å²) in [5.41, 5.74) is 7.82. The van der Waals surface area contributed by atoms with E-state index in [0.29, 0.717) is 23.2 Å². The summed E-state index contributed by atoms with van der Waals surface area (Å²) in [5.74, 6) is 4.48. The number of aliphatic hydroxyl groups is 1. The zero-order chi connectivity index (χ0) is 26.7. The van der Waals surface area contributed by atoms with E-state index in [9.17, 15) is 9.90 Å². The molecule has 4 rings (SSSR count). The van der Waals surface area contributed by atoms with Gasteiger partial charge >= 0.3 is 0 Å². The van der Waals surface area contributed by atoms with Crippen molar-refractivity contribution in [3.05, 3.63) is 11.6 Å². The van der Waals surface area contributed by atoms with Gasteiger partial charge in [0, 0.05) is 6.42 Å². The van der Waals surface area contributed by atoms with E-state index in [1.807, 2.05) is 0 Å². The molecule has 0 aromatic rings. The Balaban J connectivity index is 0.000000734. The zero-order valence-corrected chi connectivity index (χ0v) is 25.9. The highest BCUT2D eigenvalue weighted by molar-refractivity contribution is 5.85. The Morgan fingerprint density at radius 1 is 1.11 bits per heavy atom. The van der Waals surface area contributed by atoms with E-state index in [4.69, 9.17) is 5.73 Å². The molecule has 0 bridgehead atoms. The summed E-state index contributed by atoms with van der Waals surface area (Å²) >= 11 is 0. The first-order valence-electron chi connectivity index (χ1n) is 15.2. The van der Waals surface area contributed by atoms with E-state index in [0.717, 1.165) is 55.4 Å². The number of hydrogen-bond acceptors (Lipinski definition) is 3. The van der Waals surface area contributed by atoms with Crippen LogP contribution in [-0.2, 0) is 4.79 Å². The number of amides is 1. The lowest BCUT2D eigenvalue weighted by Crippen LogP contribution is -2.50. The molecule has 4 nitrogen and oxygen atoms in total. The van der Waals surface area contributed by atoms with E-state index in [1.165, 1.54) is 51.4 Å². The number of allylic oxidation sites excluding steroid dienone is 1. The summed E-state index contributed by atoms with van der Waals surface area (Å²) in [6, 6.07) is 0. The number of nitrogens with two attached hydrogens (primary N) is 1. The molecule has 37 heavy (non-hydrogen) atoms. The Morgan fingerprint density at radius 3 is 2.41 bits per heavy atom. The Morgan fingerprint density at radius 2 is 1.78 bits per heavy atom. The maximum Gasteiger partial charge on any atom is 0.217 e. The summed E-state index contributed by atoms with van der Waals surface area (Å²) in [6.45, 7) is 13.1. The number of halogens is 1. The molecule has 0 aromatic carbocycles. The number of fused-ring (bicyclic) bond motifs is 5. The molecule has 0 spiro atoms. The summed E-state index contributed by atoms with van der Waals surface area (Å²) in [4.78, 5) is 13.3. The Labute approximate surface area is 235 Å². The predicted molar refractivity (Wildman–Crippen MR) is 159 cm³/mol. The van der Waals surface area contributed by atoms with Crippen molar-refractivity contribution in [1.82, 2.24) is 4.90 Å².